The summed E-state index contributed by atoms with van der Waals surface area (Å²) in [5, 5.41) is 15.6. The van der Waals surface area contributed by atoms with Crippen molar-refractivity contribution in [3.63, 3.8) is 0 Å². The second-order valence-electron chi connectivity index (χ2n) is 6.31. The van der Waals surface area contributed by atoms with E-state index in [0.29, 0.717) is 16.5 Å². The summed E-state index contributed by atoms with van der Waals surface area (Å²) >= 11 is 5.92. The lowest BCUT2D eigenvalue weighted by molar-refractivity contribution is -0.120. The normalized spacial score (nSPS) is 10.7. The highest BCUT2D eigenvalue weighted by molar-refractivity contribution is 6.32. The Morgan fingerprint density at radius 3 is 2.59 bits per heavy atom. The van der Waals surface area contributed by atoms with Gasteiger partial charge in [-0.15, -0.1) is 0 Å². The van der Waals surface area contributed by atoms with Gasteiger partial charge in [-0.1, -0.05) is 11.6 Å². The maximum absolute atomic E-state index is 12.2. The van der Waals surface area contributed by atoms with E-state index in [4.69, 9.17) is 16.0 Å². The van der Waals surface area contributed by atoms with E-state index < -0.39 is 5.63 Å². The van der Waals surface area contributed by atoms with Gasteiger partial charge in [0, 0.05) is 42.5 Å². The molecule has 0 radical (unpaired) electrons. The van der Waals surface area contributed by atoms with Crippen LogP contribution in [0.4, 0.5) is 0 Å². The van der Waals surface area contributed by atoms with Crippen LogP contribution < -0.4 is 16.3 Å². The topological polar surface area (TPSA) is 122 Å². The van der Waals surface area contributed by atoms with Gasteiger partial charge in [0.2, 0.25) is 5.91 Å². The lowest BCUT2D eigenvalue weighted by Crippen LogP contribution is -2.36. The molecule has 0 aliphatic heterocycles. The smallest absolute Gasteiger partial charge is 0.340 e. The van der Waals surface area contributed by atoms with Crippen LogP contribution in [0.15, 0.2) is 45.9 Å². The molecule has 0 spiro atoms. The maximum atomic E-state index is 12.2. The molecule has 0 aliphatic rings. The van der Waals surface area contributed by atoms with Crippen molar-refractivity contribution in [3.05, 3.63) is 68.8 Å². The first-order valence-corrected chi connectivity index (χ1v) is 9.14. The van der Waals surface area contributed by atoms with Crippen molar-refractivity contribution >= 4 is 34.4 Å². The Labute approximate surface area is 170 Å². The number of halogens is 1. The number of nitrogens with one attached hydrogen (secondary N) is 2. The number of hydrogen-bond acceptors (Lipinski definition) is 6. The number of hydrogen-bond donors (Lipinski definition) is 3. The predicted octanol–water partition coefficient (Wildman–Crippen LogP) is 1.94. The standard InChI is InChI=1S/C20H18ClN3O5/c1-11-13-8-15(21)16(25)10-17(13)29-20(28)14(11)9-18(26)23-6-7-24-19(27)12-2-4-22-5-3-12/h2-5,8,10,25H,6-7,9H2,1H3,(H,23,26)(H,24,27). The van der Waals surface area contributed by atoms with Crippen molar-refractivity contribution in [2.24, 2.45) is 0 Å². The largest absolute Gasteiger partial charge is 0.506 e. The first kappa shape index (κ1) is 20.3. The van der Waals surface area contributed by atoms with Crippen LogP contribution in [0.2, 0.25) is 5.02 Å². The molecule has 0 saturated carbocycles. The summed E-state index contributed by atoms with van der Waals surface area (Å²) in [5.74, 6) is -0.850. The van der Waals surface area contributed by atoms with Gasteiger partial charge in [-0.25, -0.2) is 4.79 Å². The molecule has 9 heteroatoms. The fourth-order valence-corrected chi connectivity index (χ4v) is 2.97. The number of phenols is 1. The fraction of sp³-hybridized carbons (Fsp3) is 0.200. The van der Waals surface area contributed by atoms with E-state index >= 15 is 0 Å². The summed E-state index contributed by atoms with van der Waals surface area (Å²) in [6.45, 7) is 2.12. The van der Waals surface area contributed by atoms with Gasteiger partial charge in [0.05, 0.1) is 17.0 Å². The molecule has 0 unspecified atom stereocenters. The summed E-state index contributed by atoms with van der Waals surface area (Å²) in [4.78, 5) is 40.2. The second kappa shape index (κ2) is 8.74. The zero-order valence-corrected chi connectivity index (χ0v) is 16.2. The van der Waals surface area contributed by atoms with Crippen molar-refractivity contribution in [3.8, 4) is 5.75 Å². The molecule has 8 nitrogen and oxygen atoms in total. The summed E-state index contributed by atoms with van der Waals surface area (Å²) < 4.78 is 5.20. The van der Waals surface area contributed by atoms with E-state index in [-0.39, 0.29) is 53.2 Å². The highest BCUT2D eigenvalue weighted by Gasteiger charge is 2.16. The Balaban J connectivity index is 1.60. The molecule has 2 amide bonds. The van der Waals surface area contributed by atoms with Crippen molar-refractivity contribution < 1.29 is 19.1 Å². The van der Waals surface area contributed by atoms with Gasteiger partial charge in [0.25, 0.3) is 5.91 Å². The van der Waals surface area contributed by atoms with Crippen LogP contribution in [0.5, 0.6) is 5.75 Å². The zero-order valence-electron chi connectivity index (χ0n) is 15.5. The number of aromatic nitrogens is 1. The molecular formula is C20H18ClN3O5. The van der Waals surface area contributed by atoms with Gasteiger partial charge in [0.15, 0.2) is 0 Å². The number of phenolic OH excluding ortho intramolecular Hbond substituents is 1. The average Bonchev–Trinajstić information content (AvgIpc) is 2.71. The van der Waals surface area contributed by atoms with Gasteiger partial charge in [-0.3, -0.25) is 14.6 Å². The number of benzene rings is 1. The lowest BCUT2D eigenvalue weighted by atomic mass is 10.0. The van der Waals surface area contributed by atoms with E-state index in [2.05, 4.69) is 15.6 Å². The third-order valence-electron chi connectivity index (χ3n) is 4.37. The average molecular weight is 416 g/mol. The van der Waals surface area contributed by atoms with Crippen LogP contribution in [-0.4, -0.2) is 35.0 Å². The van der Waals surface area contributed by atoms with Crippen molar-refractivity contribution in [2.75, 3.05) is 13.1 Å². The zero-order chi connectivity index (χ0) is 21.0. The minimum atomic E-state index is -0.655. The van der Waals surface area contributed by atoms with Gasteiger partial charge >= 0.3 is 5.63 Å². The number of nitrogens with zero attached hydrogens (tertiary/aromatic N) is 1. The van der Waals surface area contributed by atoms with Crippen molar-refractivity contribution in [1.29, 1.82) is 0 Å². The van der Waals surface area contributed by atoms with Crippen LogP contribution >= 0.6 is 11.6 Å². The number of carbonyl (C=O) groups excluding carboxylic acids is 2. The number of aromatic hydroxyl groups is 1. The van der Waals surface area contributed by atoms with E-state index in [1.54, 1.807) is 19.1 Å². The van der Waals surface area contributed by atoms with E-state index in [1.807, 2.05) is 0 Å². The molecule has 2 aromatic heterocycles. The third-order valence-corrected chi connectivity index (χ3v) is 4.67. The molecule has 3 rings (SSSR count). The maximum Gasteiger partial charge on any atom is 0.340 e. The highest BCUT2D eigenvalue weighted by Crippen LogP contribution is 2.30. The summed E-state index contributed by atoms with van der Waals surface area (Å²) in [7, 11) is 0. The number of carbonyl (C=O) groups is 2. The number of amides is 2. The van der Waals surface area contributed by atoms with E-state index in [0.717, 1.165) is 0 Å². The predicted molar refractivity (Wildman–Crippen MR) is 107 cm³/mol. The molecule has 0 atom stereocenters. The minimum absolute atomic E-state index is 0.120. The molecule has 0 aliphatic carbocycles. The van der Waals surface area contributed by atoms with Crippen LogP contribution in [0.25, 0.3) is 11.0 Å². The Kier molecular flexibility index (Phi) is 6.13. The van der Waals surface area contributed by atoms with E-state index in [9.17, 15) is 19.5 Å². The van der Waals surface area contributed by atoms with Gasteiger partial charge < -0.3 is 20.2 Å². The van der Waals surface area contributed by atoms with Crippen molar-refractivity contribution in [2.45, 2.75) is 13.3 Å². The quantitative estimate of drug-likeness (QED) is 0.418. The van der Waals surface area contributed by atoms with Crippen LogP contribution in [0, 0.1) is 6.92 Å². The molecule has 1 aromatic carbocycles. The summed E-state index contributed by atoms with van der Waals surface area (Å²) in [6.07, 6.45) is 2.85. The SMILES string of the molecule is Cc1c(CC(=O)NCCNC(=O)c2ccncc2)c(=O)oc2cc(O)c(Cl)cc12. The van der Waals surface area contributed by atoms with Crippen LogP contribution in [-0.2, 0) is 11.2 Å². The molecule has 0 fully saturated rings. The number of rotatable bonds is 6. The first-order chi connectivity index (χ1) is 13.9. The minimum Gasteiger partial charge on any atom is -0.506 e. The van der Waals surface area contributed by atoms with Crippen LogP contribution in [0.1, 0.15) is 21.5 Å². The first-order valence-electron chi connectivity index (χ1n) is 8.76. The monoisotopic (exact) mass is 415 g/mol. The molecule has 3 aromatic rings. The van der Waals surface area contributed by atoms with E-state index in [1.165, 1.54) is 24.5 Å². The van der Waals surface area contributed by atoms with Gasteiger partial charge in [-0.05, 0) is 30.7 Å². The Hall–Kier alpha value is -3.39. The second-order valence-corrected chi connectivity index (χ2v) is 6.72. The number of pyridine rings is 1. The van der Waals surface area contributed by atoms with Gasteiger partial charge in [0.1, 0.15) is 11.3 Å². The Morgan fingerprint density at radius 2 is 1.86 bits per heavy atom. The molecule has 29 heavy (non-hydrogen) atoms. The molecule has 0 bridgehead atoms. The summed E-state index contributed by atoms with van der Waals surface area (Å²) in [5.41, 5.74) is 0.771. The molecule has 150 valence electrons. The fourth-order valence-electron chi connectivity index (χ4n) is 2.81. The lowest BCUT2D eigenvalue weighted by Gasteiger charge is -2.10. The van der Waals surface area contributed by atoms with Gasteiger partial charge in [-0.2, -0.15) is 0 Å². The van der Waals surface area contributed by atoms with Crippen LogP contribution in [0.3, 0.4) is 0 Å². The Bertz CT molecular complexity index is 1130. The molecule has 3 N–H and O–H groups in total. The third kappa shape index (κ3) is 4.72. The number of aryl methyl sites for hydroxylation is 1. The molecule has 2 heterocycles. The van der Waals surface area contributed by atoms with Crippen molar-refractivity contribution in [1.82, 2.24) is 15.6 Å². The summed E-state index contributed by atoms with van der Waals surface area (Å²) in [6, 6.07) is 5.92. The Morgan fingerprint density at radius 1 is 1.17 bits per heavy atom. The molecular weight excluding hydrogens is 398 g/mol. The number of fused-ring (bicyclic) bond motifs is 1. The highest BCUT2D eigenvalue weighted by atomic mass is 35.5. The molecule has 0 saturated heterocycles.